The Morgan fingerprint density at radius 1 is 1.09 bits per heavy atom. The normalized spacial score (nSPS) is 12.0. The number of amides is 3. The lowest BCUT2D eigenvalue weighted by Gasteiger charge is -2.34. The van der Waals surface area contributed by atoms with Crippen molar-refractivity contribution >= 4 is 34.7 Å². The van der Waals surface area contributed by atoms with E-state index in [9.17, 15) is 14.4 Å². The quantitative estimate of drug-likeness (QED) is 0.481. The van der Waals surface area contributed by atoms with E-state index in [0.717, 1.165) is 12.0 Å². The minimum absolute atomic E-state index is 0.265. The maximum atomic E-state index is 13.6. The third-order valence-electron chi connectivity index (χ3n) is 5.58. The van der Waals surface area contributed by atoms with Crippen LogP contribution in [0.4, 0.5) is 5.69 Å². The van der Waals surface area contributed by atoms with Crippen molar-refractivity contribution in [2.24, 2.45) is 0 Å². The molecule has 0 saturated carbocycles. The molecule has 178 valence electrons. The topological polar surface area (TPSA) is 91.4 Å². The second-order valence-electron chi connectivity index (χ2n) is 8.67. The summed E-state index contributed by atoms with van der Waals surface area (Å²) in [7, 11) is 0. The predicted octanol–water partition coefficient (Wildman–Crippen LogP) is 4.26. The van der Waals surface area contributed by atoms with Crippen LogP contribution in [0.15, 0.2) is 66.3 Å². The monoisotopic (exact) mass is 478 g/mol. The molecule has 1 atom stereocenters. The van der Waals surface area contributed by atoms with Crippen LogP contribution in [0.3, 0.4) is 0 Å². The minimum Gasteiger partial charge on any atom is -0.349 e. The lowest BCUT2D eigenvalue weighted by molar-refractivity contribution is -0.127. The zero-order valence-corrected chi connectivity index (χ0v) is 20.7. The Hall–Kier alpha value is -3.52. The highest BCUT2D eigenvalue weighted by atomic mass is 32.1. The summed E-state index contributed by atoms with van der Waals surface area (Å²) in [5.74, 6) is -1.07. The molecule has 0 unspecified atom stereocenters. The van der Waals surface area contributed by atoms with Gasteiger partial charge < -0.3 is 10.6 Å². The number of carbonyl (C=O) groups excluding carboxylic acids is 3. The lowest BCUT2D eigenvalue weighted by Crippen LogP contribution is -2.52. The van der Waals surface area contributed by atoms with Gasteiger partial charge in [0.15, 0.2) is 0 Å². The molecule has 0 aliphatic heterocycles. The van der Waals surface area contributed by atoms with Crippen LogP contribution in [0.1, 0.15) is 54.0 Å². The summed E-state index contributed by atoms with van der Waals surface area (Å²) in [6, 6.07) is 13.5. The van der Waals surface area contributed by atoms with Crippen molar-refractivity contribution in [1.29, 1.82) is 0 Å². The fraction of sp³-hybridized carbons (Fsp3) is 0.308. The summed E-state index contributed by atoms with van der Waals surface area (Å²) in [5.41, 5.74) is 1.71. The standard InChI is InChI=1S/C26H30N4O3S/c1-5-26(3,4)29-25(33)23(19-12-10-18(2)11-13-19)30(20-8-6-14-27-16-20)22(31)17-28-24(32)21-9-7-15-34-21/h6-16,23H,5,17H2,1-4H3,(H,28,32)(H,29,33)/t23-/m0/s1. The van der Waals surface area contributed by atoms with Crippen LogP contribution in [-0.2, 0) is 9.59 Å². The number of hydrogen-bond donors (Lipinski definition) is 2. The fourth-order valence-electron chi connectivity index (χ4n) is 3.33. The number of hydrogen-bond acceptors (Lipinski definition) is 5. The van der Waals surface area contributed by atoms with Crippen LogP contribution in [-0.4, -0.2) is 34.8 Å². The van der Waals surface area contributed by atoms with Crippen LogP contribution in [0.2, 0.25) is 0 Å². The summed E-state index contributed by atoms with van der Waals surface area (Å²) in [4.78, 5) is 45.7. The maximum Gasteiger partial charge on any atom is 0.261 e. The van der Waals surface area contributed by atoms with Gasteiger partial charge in [0.2, 0.25) is 11.8 Å². The van der Waals surface area contributed by atoms with E-state index < -0.39 is 17.5 Å². The molecule has 2 N–H and O–H groups in total. The van der Waals surface area contributed by atoms with Gasteiger partial charge in [-0.1, -0.05) is 42.8 Å². The Morgan fingerprint density at radius 2 is 1.82 bits per heavy atom. The van der Waals surface area contributed by atoms with Gasteiger partial charge in [-0.2, -0.15) is 0 Å². The molecule has 2 heterocycles. The number of aryl methyl sites for hydroxylation is 1. The van der Waals surface area contributed by atoms with E-state index in [0.29, 0.717) is 16.1 Å². The number of nitrogens with one attached hydrogen (secondary N) is 2. The second-order valence-corrected chi connectivity index (χ2v) is 9.62. The van der Waals surface area contributed by atoms with Crippen LogP contribution in [0.5, 0.6) is 0 Å². The zero-order chi connectivity index (χ0) is 24.7. The average Bonchev–Trinajstić information content (AvgIpc) is 3.37. The molecule has 0 aliphatic carbocycles. The summed E-state index contributed by atoms with van der Waals surface area (Å²) < 4.78 is 0. The van der Waals surface area contributed by atoms with Crippen molar-refractivity contribution in [2.75, 3.05) is 11.4 Å². The summed E-state index contributed by atoms with van der Waals surface area (Å²) in [6.07, 6.45) is 3.86. The van der Waals surface area contributed by atoms with E-state index in [1.54, 1.807) is 42.0 Å². The number of nitrogens with zero attached hydrogens (tertiary/aromatic N) is 2. The molecule has 3 rings (SSSR count). The molecule has 2 aromatic heterocycles. The molecule has 7 nitrogen and oxygen atoms in total. The first kappa shape index (κ1) is 25.1. The Morgan fingerprint density at radius 3 is 2.41 bits per heavy atom. The third-order valence-corrected chi connectivity index (χ3v) is 6.45. The lowest BCUT2D eigenvalue weighted by atomic mass is 9.97. The Labute approximate surface area is 204 Å². The van der Waals surface area contributed by atoms with Gasteiger partial charge in [0.1, 0.15) is 6.04 Å². The Kier molecular flexibility index (Phi) is 8.17. The Bertz CT molecular complexity index is 1110. The van der Waals surface area contributed by atoms with E-state index in [1.807, 2.05) is 52.0 Å². The first-order valence-corrected chi connectivity index (χ1v) is 12.0. The summed E-state index contributed by atoms with van der Waals surface area (Å²) >= 11 is 1.29. The van der Waals surface area contributed by atoms with Gasteiger partial charge in [0.05, 0.1) is 23.3 Å². The zero-order valence-electron chi connectivity index (χ0n) is 19.9. The molecule has 3 aromatic rings. The van der Waals surface area contributed by atoms with Crippen molar-refractivity contribution in [3.05, 3.63) is 82.3 Å². The number of pyridine rings is 1. The average molecular weight is 479 g/mol. The van der Waals surface area contributed by atoms with Gasteiger partial charge in [-0.15, -0.1) is 11.3 Å². The molecule has 0 radical (unpaired) electrons. The van der Waals surface area contributed by atoms with Crippen LogP contribution in [0, 0.1) is 6.92 Å². The largest absolute Gasteiger partial charge is 0.349 e. The first-order valence-electron chi connectivity index (χ1n) is 11.1. The van der Waals surface area contributed by atoms with Crippen molar-refractivity contribution in [3.63, 3.8) is 0 Å². The van der Waals surface area contributed by atoms with Gasteiger partial charge >= 0.3 is 0 Å². The van der Waals surface area contributed by atoms with Gasteiger partial charge in [-0.25, -0.2) is 0 Å². The highest BCUT2D eigenvalue weighted by Crippen LogP contribution is 2.29. The highest BCUT2D eigenvalue weighted by Gasteiger charge is 2.35. The number of aromatic nitrogens is 1. The van der Waals surface area contributed by atoms with Crippen LogP contribution >= 0.6 is 11.3 Å². The van der Waals surface area contributed by atoms with E-state index in [4.69, 9.17) is 0 Å². The number of benzene rings is 1. The smallest absolute Gasteiger partial charge is 0.261 e. The minimum atomic E-state index is -0.943. The molecule has 8 heteroatoms. The number of rotatable bonds is 9. The molecule has 3 amide bonds. The van der Waals surface area contributed by atoms with Gasteiger partial charge in [-0.05, 0) is 56.3 Å². The van der Waals surface area contributed by atoms with E-state index in [2.05, 4.69) is 15.6 Å². The van der Waals surface area contributed by atoms with E-state index in [1.165, 1.54) is 16.2 Å². The molecule has 0 bridgehead atoms. The van der Waals surface area contributed by atoms with Crippen molar-refractivity contribution in [1.82, 2.24) is 15.6 Å². The fourth-order valence-corrected chi connectivity index (χ4v) is 3.97. The molecule has 0 fully saturated rings. The molecule has 0 spiro atoms. The number of anilines is 1. The molecule has 1 aromatic carbocycles. The van der Waals surface area contributed by atoms with Crippen molar-refractivity contribution in [3.8, 4) is 0 Å². The molecule has 34 heavy (non-hydrogen) atoms. The Balaban J connectivity index is 1.99. The van der Waals surface area contributed by atoms with Gasteiger partial charge in [0, 0.05) is 11.7 Å². The van der Waals surface area contributed by atoms with Crippen LogP contribution < -0.4 is 15.5 Å². The molecular formula is C26H30N4O3S. The summed E-state index contributed by atoms with van der Waals surface area (Å²) in [6.45, 7) is 7.57. The highest BCUT2D eigenvalue weighted by molar-refractivity contribution is 7.12. The van der Waals surface area contributed by atoms with Gasteiger partial charge in [0.25, 0.3) is 5.91 Å². The molecular weight excluding hydrogens is 448 g/mol. The van der Waals surface area contributed by atoms with Crippen molar-refractivity contribution < 1.29 is 14.4 Å². The van der Waals surface area contributed by atoms with Gasteiger partial charge in [-0.3, -0.25) is 24.3 Å². The first-order chi connectivity index (χ1) is 16.2. The number of carbonyl (C=O) groups is 3. The molecule has 0 aliphatic rings. The van der Waals surface area contributed by atoms with E-state index >= 15 is 0 Å². The number of thiophene rings is 1. The van der Waals surface area contributed by atoms with E-state index in [-0.39, 0.29) is 18.4 Å². The summed E-state index contributed by atoms with van der Waals surface area (Å²) in [5, 5.41) is 7.55. The SMILES string of the molecule is CCC(C)(C)NC(=O)[C@H](c1ccc(C)cc1)N(C(=O)CNC(=O)c1cccs1)c1cccnc1. The maximum absolute atomic E-state index is 13.6. The molecule has 0 saturated heterocycles. The predicted molar refractivity (Wildman–Crippen MR) is 135 cm³/mol. The second kappa shape index (κ2) is 11.1. The van der Waals surface area contributed by atoms with Crippen LogP contribution in [0.25, 0.3) is 0 Å². The third kappa shape index (κ3) is 6.29. The van der Waals surface area contributed by atoms with Crippen molar-refractivity contribution in [2.45, 2.75) is 45.7 Å².